The average Bonchev–Trinajstić information content (AvgIpc) is 2.92. The van der Waals surface area contributed by atoms with Gasteiger partial charge < -0.3 is 24.0 Å². The van der Waals surface area contributed by atoms with Crippen molar-refractivity contribution >= 4 is 11.8 Å². The standard InChI is InChI=1S/C19H26N2O5/c1-14-19(23)20(9-15-3-5-17(24-2)6-4-15)11-18(22)21(14)10-16-12-25-7-8-26-13-16/h3-6,14,16H,7-13H2,1-2H3/t14-/m0/s1. The van der Waals surface area contributed by atoms with Crippen LogP contribution < -0.4 is 4.74 Å². The minimum atomic E-state index is -0.474. The summed E-state index contributed by atoms with van der Waals surface area (Å²) >= 11 is 0. The van der Waals surface area contributed by atoms with Gasteiger partial charge in [0.15, 0.2) is 0 Å². The third-order valence-electron chi connectivity index (χ3n) is 4.85. The molecule has 0 unspecified atom stereocenters. The third kappa shape index (κ3) is 4.34. The van der Waals surface area contributed by atoms with Crippen LogP contribution in [0.3, 0.4) is 0 Å². The summed E-state index contributed by atoms with van der Waals surface area (Å²) in [6.45, 7) is 5.07. The Hall–Kier alpha value is -2.12. The van der Waals surface area contributed by atoms with Crippen LogP contribution in [-0.2, 0) is 25.6 Å². The molecule has 2 amide bonds. The Kier molecular flexibility index (Phi) is 6.11. The molecule has 0 saturated carbocycles. The Morgan fingerprint density at radius 1 is 1.12 bits per heavy atom. The van der Waals surface area contributed by atoms with Gasteiger partial charge in [-0.15, -0.1) is 0 Å². The van der Waals surface area contributed by atoms with Gasteiger partial charge in [-0.3, -0.25) is 9.59 Å². The molecule has 2 aliphatic heterocycles. The Morgan fingerprint density at radius 2 is 1.77 bits per heavy atom. The maximum atomic E-state index is 12.8. The Bertz CT molecular complexity index is 625. The summed E-state index contributed by atoms with van der Waals surface area (Å²) in [6.07, 6.45) is 0. The molecule has 0 aromatic heterocycles. The lowest BCUT2D eigenvalue weighted by molar-refractivity contribution is -0.156. The number of ether oxygens (including phenoxy) is 3. The van der Waals surface area contributed by atoms with Crippen molar-refractivity contribution in [2.45, 2.75) is 19.5 Å². The van der Waals surface area contributed by atoms with Crippen LogP contribution in [0.5, 0.6) is 5.75 Å². The number of nitrogens with zero attached hydrogens (tertiary/aromatic N) is 2. The zero-order chi connectivity index (χ0) is 18.5. The summed E-state index contributed by atoms with van der Waals surface area (Å²) in [5.74, 6) is 0.803. The largest absolute Gasteiger partial charge is 0.497 e. The number of carbonyl (C=O) groups excluding carboxylic acids is 2. The molecular formula is C19H26N2O5. The highest BCUT2D eigenvalue weighted by atomic mass is 16.5. The van der Waals surface area contributed by atoms with Crippen molar-refractivity contribution in [2.75, 3.05) is 46.6 Å². The van der Waals surface area contributed by atoms with Gasteiger partial charge >= 0.3 is 0 Å². The van der Waals surface area contributed by atoms with Crippen molar-refractivity contribution in [3.8, 4) is 5.75 Å². The van der Waals surface area contributed by atoms with Gasteiger partial charge in [-0.1, -0.05) is 12.1 Å². The second-order valence-electron chi connectivity index (χ2n) is 6.78. The van der Waals surface area contributed by atoms with E-state index in [-0.39, 0.29) is 24.3 Å². The van der Waals surface area contributed by atoms with Crippen LogP contribution in [0.4, 0.5) is 0 Å². The first kappa shape index (κ1) is 18.7. The molecule has 0 bridgehead atoms. The topological polar surface area (TPSA) is 68.3 Å². The van der Waals surface area contributed by atoms with Crippen molar-refractivity contribution in [2.24, 2.45) is 5.92 Å². The van der Waals surface area contributed by atoms with E-state index < -0.39 is 6.04 Å². The third-order valence-corrected chi connectivity index (χ3v) is 4.85. The molecule has 2 fully saturated rings. The lowest BCUT2D eigenvalue weighted by atomic mass is 10.1. The Morgan fingerprint density at radius 3 is 2.38 bits per heavy atom. The quantitative estimate of drug-likeness (QED) is 0.779. The Labute approximate surface area is 153 Å². The summed E-state index contributed by atoms with van der Waals surface area (Å²) in [5, 5.41) is 0. The second kappa shape index (κ2) is 8.51. The van der Waals surface area contributed by atoms with E-state index in [2.05, 4.69) is 0 Å². The predicted octanol–water partition coefficient (Wildman–Crippen LogP) is 0.918. The summed E-state index contributed by atoms with van der Waals surface area (Å²) in [5.41, 5.74) is 0.971. The van der Waals surface area contributed by atoms with Crippen molar-refractivity contribution in [3.63, 3.8) is 0 Å². The Balaban J connectivity index is 1.62. The molecule has 0 spiro atoms. The van der Waals surface area contributed by atoms with Crippen molar-refractivity contribution in [1.82, 2.24) is 9.80 Å². The highest BCUT2D eigenvalue weighted by molar-refractivity contribution is 5.94. The lowest BCUT2D eigenvalue weighted by Gasteiger charge is -2.40. The molecular weight excluding hydrogens is 336 g/mol. The molecule has 3 rings (SSSR count). The summed E-state index contributed by atoms with van der Waals surface area (Å²) in [4.78, 5) is 28.7. The minimum Gasteiger partial charge on any atom is -0.497 e. The van der Waals surface area contributed by atoms with Gasteiger partial charge in [-0.25, -0.2) is 0 Å². The van der Waals surface area contributed by atoms with Crippen LogP contribution in [0.1, 0.15) is 12.5 Å². The fourth-order valence-electron chi connectivity index (χ4n) is 3.34. The molecule has 1 aromatic carbocycles. The first-order valence-corrected chi connectivity index (χ1v) is 8.95. The zero-order valence-electron chi connectivity index (χ0n) is 15.3. The fourth-order valence-corrected chi connectivity index (χ4v) is 3.34. The van der Waals surface area contributed by atoms with Gasteiger partial charge in [0.1, 0.15) is 18.3 Å². The second-order valence-corrected chi connectivity index (χ2v) is 6.78. The summed E-state index contributed by atoms with van der Waals surface area (Å²) < 4.78 is 16.1. The van der Waals surface area contributed by atoms with Gasteiger partial charge in [-0.05, 0) is 24.6 Å². The van der Waals surface area contributed by atoms with Crippen LogP contribution in [0, 0.1) is 5.92 Å². The zero-order valence-corrected chi connectivity index (χ0v) is 15.3. The van der Waals surface area contributed by atoms with Crippen molar-refractivity contribution in [1.29, 1.82) is 0 Å². The number of methoxy groups -OCH3 is 1. The lowest BCUT2D eigenvalue weighted by Crippen LogP contribution is -2.59. The van der Waals surface area contributed by atoms with E-state index >= 15 is 0 Å². The molecule has 7 heteroatoms. The molecule has 2 saturated heterocycles. The van der Waals surface area contributed by atoms with E-state index in [9.17, 15) is 9.59 Å². The van der Waals surface area contributed by atoms with E-state index in [0.717, 1.165) is 11.3 Å². The minimum absolute atomic E-state index is 0.0316. The number of hydrogen-bond donors (Lipinski definition) is 0. The molecule has 26 heavy (non-hydrogen) atoms. The molecule has 2 heterocycles. The van der Waals surface area contributed by atoms with E-state index in [1.54, 1.807) is 23.8 Å². The van der Waals surface area contributed by atoms with Gasteiger partial charge in [0.25, 0.3) is 0 Å². The predicted molar refractivity (Wildman–Crippen MR) is 94.7 cm³/mol. The molecule has 7 nitrogen and oxygen atoms in total. The summed E-state index contributed by atoms with van der Waals surface area (Å²) in [7, 11) is 1.61. The highest BCUT2D eigenvalue weighted by Gasteiger charge is 2.37. The molecule has 1 atom stereocenters. The molecule has 2 aliphatic rings. The van der Waals surface area contributed by atoms with Crippen molar-refractivity contribution < 1.29 is 23.8 Å². The number of benzene rings is 1. The van der Waals surface area contributed by atoms with Gasteiger partial charge in [0.2, 0.25) is 11.8 Å². The number of amides is 2. The molecule has 0 aliphatic carbocycles. The number of carbonyl (C=O) groups is 2. The maximum absolute atomic E-state index is 12.8. The monoisotopic (exact) mass is 362 g/mol. The highest BCUT2D eigenvalue weighted by Crippen LogP contribution is 2.19. The van der Waals surface area contributed by atoms with E-state index in [1.165, 1.54) is 0 Å². The smallest absolute Gasteiger partial charge is 0.245 e. The first-order chi connectivity index (χ1) is 12.6. The SMILES string of the molecule is COc1ccc(CN2CC(=O)N(CC3COCCOC3)[C@@H](C)C2=O)cc1. The van der Waals surface area contributed by atoms with Crippen LogP contribution in [0.15, 0.2) is 24.3 Å². The van der Waals surface area contributed by atoms with Gasteiger partial charge in [0, 0.05) is 19.0 Å². The van der Waals surface area contributed by atoms with Gasteiger partial charge in [0.05, 0.1) is 33.5 Å². The molecule has 142 valence electrons. The number of hydrogen-bond acceptors (Lipinski definition) is 5. The number of rotatable bonds is 5. The maximum Gasteiger partial charge on any atom is 0.245 e. The van der Waals surface area contributed by atoms with Gasteiger partial charge in [-0.2, -0.15) is 0 Å². The summed E-state index contributed by atoms with van der Waals surface area (Å²) in [6, 6.07) is 7.06. The fraction of sp³-hybridized carbons (Fsp3) is 0.579. The number of piperazine rings is 1. The molecule has 0 radical (unpaired) electrons. The van der Waals surface area contributed by atoms with Crippen molar-refractivity contribution in [3.05, 3.63) is 29.8 Å². The molecule has 0 N–H and O–H groups in total. The van der Waals surface area contributed by atoms with Crippen LogP contribution in [0.2, 0.25) is 0 Å². The first-order valence-electron chi connectivity index (χ1n) is 8.95. The van der Waals surface area contributed by atoms with Crippen LogP contribution in [-0.4, -0.2) is 74.3 Å². The van der Waals surface area contributed by atoms with E-state index in [4.69, 9.17) is 14.2 Å². The van der Waals surface area contributed by atoms with Crippen LogP contribution >= 0.6 is 0 Å². The average molecular weight is 362 g/mol. The molecule has 1 aromatic rings. The van der Waals surface area contributed by atoms with E-state index in [1.807, 2.05) is 24.3 Å². The van der Waals surface area contributed by atoms with E-state index in [0.29, 0.717) is 39.5 Å². The van der Waals surface area contributed by atoms with Crippen LogP contribution in [0.25, 0.3) is 0 Å². The normalized spacial score (nSPS) is 22.5.